The Kier molecular flexibility index (Phi) is 5.45. The standard InChI is InChI=1S/C17H16ClN3O2/c1-11(22)21-15-5-6-17(23-2)16(8-15)20-10-12-3-4-14(18)7-13(12)9-19/h3-8,20H,10H2,1-2H3,(H,21,22). The zero-order valence-corrected chi connectivity index (χ0v) is 13.6. The number of anilines is 2. The third-order valence-electron chi connectivity index (χ3n) is 3.18. The molecule has 2 aromatic rings. The average molecular weight is 330 g/mol. The highest BCUT2D eigenvalue weighted by Crippen LogP contribution is 2.28. The van der Waals surface area contributed by atoms with E-state index >= 15 is 0 Å². The summed E-state index contributed by atoms with van der Waals surface area (Å²) in [5.74, 6) is 0.497. The van der Waals surface area contributed by atoms with Crippen molar-refractivity contribution < 1.29 is 9.53 Å². The van der Waals surface area contributed by atoms with E-state index in [0.29, 0.717) is 28.6 Å². The van der Waals surface area contributed by atoms with Gasteiger partial charge in [0.15, 0.2) is 0 Å². The van der Waals surface area contributed by atoms with Crippen molar-refractivity contribution in [3.8, 4) is 11.8 Å². The van der Waals surface area contributed by atoms with Gasteiger partial charge in [0.1, 0.15) is 5.75 Å². The molecule has 0 aromatic heterocycles. The van der Waals surface area contributed by atoms with Crippen molar-refractivity contribution >= 4 is 28.9 Å². The van der Waals surface area contributed by atoms with Crippen molar-refractivity contribution in [1.82, 2.24) is 0 Å². The molecule has 2 N–H and O–H groups in total. The van der Waals surface area contributed by atoms with Gasteiger partial charge >= 0.3 is 0 Å². The second kappa shape index (κ2) is 7.52. The highest BCUT2D eigenvalue weighted by atomic mass is 35.5. The maximum absolute atomic E-state index is 11.2. The Bertz CT molecular complexity index is 769. The normalized spacial score (nSPS) is 9.83. The minimum atomic E-state index is -0.148. The number of rotatable bonds is 5. The molecule has 1 amide bonds. The van der Waals surface area contributed by atoms with Crippen molar-refractivity contribution in [1.29, 1.82) is 5.26 Å². The van der Waals surface area contributed by atoms with E-state index in [-0.39, 0.29) is 5.91 Å². The van der Waals surface area contributed by atoms with E-state index in [0.717, 1.165) is 11.3 Å². The molecule has 0 aliphatic rings. The molecule has 0 atom stereocenters. The summed E-state index contributed by atoms with van der Waals surface area (Å²) in [5.41, 5.74) is 2.72. The fourth-order valence-electron chi connectivity index (χ4n) is 2.12. The zero-order valence-electron chi connectivity index (χ0n) is 12.8. The molecule has 0 unspecified atom stereocenters. The Morgan fingerprint density at radius 1 is 1.30 bits per heavy atom. The summed E-state index contributed by atoms with van der Waals surface area (Å²) in [6, 6.07) is 12.6. The van der Waals surface area contributed by atoms with Gasteiger partial charge in [0.05, 0.1) is 24.4 Å². The molecule has 0 saturated heterocycles. The first kappa shape index (κ1) is 16.7. The molecular weight excluding hydrogens is 314 g/mol. The maximum Gasteiger partial charge on any atom is 0.221 e. The first-order valence-electron chi connectivity index (χ1n) is 6.91. The summed E-state index contributed by atoms with van der Waals surface area (Å²) in [7, 11) is 1.57. The van der Waals surface area contributed by atoms with E-state index in [1.807, 2.05) is 0 Å². The van der Waals surface area contributed by atoms with Crippen LogP contribution in [0.2, 0.25) is 5.02 Å². The van der Waals surface area contributed by atoms with Gasteiger partial charge in [0, 0.05) is 24.2 Å². The third-order valence-corrected chi connectivity index (χ3v) is 3.42. The smallest absolute Gasteiger partial charge is 0.221 e. The highest BCUT2D eigenvalue weighted by molar-refractivity contribution is 6.30. The van der Waals surface area contributed by atoms with E-state index in [9.17, 15) is 10.1 Å². The number of methoxy groups -OCH3 is 1. The molecule has 0 aliphatic carbocycles. The van der Waals surface area contributed by atoms with Crippen LogP contribution in [0.3, 0.4) is 0 Å². The second-order valence-electron chi connectivity index (χ2n) is 4.86. The van der Waals surface area contributed by atoms with Crippen LogP contribution >= 0.6 is 11.6 Å². The SMILES string of the molecule is COc1ccc(NC(C)=O)cc1NCc1ccc(Cl)cc1C#N. The number of nitrogens with one attached hydrogen (secondary N) is 2. The molecule has 0 aliphatic heterocycles. The number of ether oxygens (including phenoxy) is 1. The minimum Gasteiger partial charge on any atom is -0.495 e. The Labute approximate surface area is 139 Å². The molecule has 2 rings (SSSR count). The summed E-state index contributed by atoms with van der Waals surface area (Å²) in [5, 5.41) is 15.6. The van der Waals surface area contributed by atoms with Crippen LogP contribution in [0.25, 0.3) is 0 Å². The number of amides is 1. The number of nitriles is 1. The number of carbonyl (C=O) groups is 1. The molecule has 0 fully saturated rings. The van der Waals surface area contributed by atoms with Gasteiger partial charge in [-0.1, -0.05) is 17.7 Å². The molecule has 0 saturated carbocycles. The Balaban J connectivity index is 2.22. The van der Waals surface area contributed by atoms with Crippen LogP contribution < -0.4 is 15.4 Å². The number of carbonyl (C=O) groups excluding carboxylic acids is 1. The van der Waals surface area contributed by atoms with Crippen LogP contribution in [0, 0.1) is 11.3 Å². The monoisotopic (exact) mass is 329 g/mol. The molecule has 0 radical (unpaired) electrons. The number of benzene rings is 2. The van der Waals surface area contributed by atoms with Gasteiger partial charge in [-0.3, -0.25) is 4.79 Å². The summed E-state index contributed by atoms with van der Waals surface area (Å²) in [4.78, 5) is 11.2. The lowest BCUT2D eigenvalue weighted by Gasteiger charge is -2.14. The van der Waals surface area contributed by atoms with Crippen LogP contribution in [0.1, 0.15) is 18.1 Å². The summed E-state index contributed by atoms with van der Waals surface area (Å²) >= 11 is 5.90. The van der Waals surface area contributed by atoms with Gasteiger partial charge in [0.2, 0.25) is 5.91 Å². The zero-order chi connectivity index (χ0) is 16.8. The molecule has 0 bridgehead atoms. The first-order valence-corrected chi connectivity index (χ1v) is 7.29. The molecule has 23 heavy (non-hydrogen) atoms. The quantitative estimate of drug-likeness (QED) is 0.875. The molecule has 5 nitrogen and oxygen atoms in total. The summed E-state index contributed by atoms with van der Waals surface area (Å²) in [6.45, 7) is 1.88. The number of halogens is 1. The fraction of sp³-hybridized carbons (Fsp3) is 0.176. The largest absolute Gasteiger partial charge is 0.495 e. The van der Waals surface area contributed by atoms with Crippen LogP contribution in [-0.2, 0) is 11.3 Å². The van der Waals surface area contributed by atoms with Crippen LogP contribution in [0.15, 0.2) is 36.4 Å². The Hall–Kier alpha value is -2.71. The van der Waals surface area contributed by atoms with Crippen molar-refractivity contribution in [3.63, 3.8) is 0 Å². The number of hydrogen-bond donors (Lipinski definition) is 2. The van der Waals surface area contributed by atoms with E-state index < -0.39 is 0 Å². The lowest BCUT2D eigenvalue weighted by molar-refractivity contribution is -0.114. The topological polar surface area (TPSA) is 74.2 Å². The molecule has 118 valence electrons. The number of hydrogen-bond acceptors (Lipinski definition) is 4. The predicted octanol–water partition coefficient (Wildman–Crippen LogP) is 3.79. The first-order chi connectivity index (χ1) is 11.0. The van der Waals surface area contributed by atoms with E-state index in [2.05, 4.69) is 16.7 Å². The predicted molar refractivity (Wildman–Crippen MR) is 90.8 cm³/mol. The van der Waals surface area contributed by atoms with Crippen molar-refractivity contribution in [3.05, 3.63) is 52.5 Å². The minimum absolute atomic E-state index is 0.148. The van der Waals surface area contributed by atoms with Gasteiger partial charge in [0.25, 0.3) is 0 Å². The van der Waals surface area contributed by atoms with Crippen LogP contribution in [-0.4, -0.2) is 13.0 Å². The van der Waals surface area contributed by atoms with Gasteiger partial charge in [-0.05, 0) is 35.9 Å². The van der Waals surface area contributed by atoms with Crippen molar-refractivity contribution in [2.45, 2.75) is 13.5 Å². The van der Waals surface area contributed by atoms with Gasteiger partial charge in [-0.2, -0.15) is 5.26 Å². The Morgan fingerprint density at radius 2 is 2.09 bits per heavy atom. The second-order valence-corrected chi connectivity index (χ2v) is 5.30. The maximum atomic E-state index is 11.2. The van der Waals surface area contributed by atoms with Gasteiger partial charge < -0.3 is 15.4 Å². The summed E-state index contributed by atoms with van der Waals surface area (Å²) in [6.07, 6.45) is 0. The van der Waals surface area contributed by atoms with Crippen molar-refractivity contribution in [2.75, 3.05) is 17.7 Å². The fourth-order valence-corrected chi connectivity index (χ4v) is 2.30. The molecule has 0 spiro atoms. The summed E-state index contributed by atoms with van der Waals surface area (Å²) < 4.78 is 5.31. The van der Waals surface area contributed by atoms with E-state index in [1.165, 1.54) is 6.92 Å². The molecule has 2 aromatic carbocycles. The van der Waals surface area contributed by atoms with E-state index in [4.69, 9.17) is 16.3 Å². The third kappa shape index (κ3) is 4.38. The molecule has 6 heteroatoms. The van der Waals surface area contributed by atoms with E-state index in [1.54, 1.807) is 43.5 Å². The van der Waals surface area contributed by atoms with Crippen LogP contribution in [0.5, 0.6) is 5.75 Å². The average Bonchev–Trinajstić information content (AvgIpc) is 2.53. The lowest BCUT2D eigenvalue weighted by atomic mass is 10.1. The molecular formula is C17H16ClN3O2. The van der Waals surface area contributed by atoms with Gasteiger partial charge in [-0.25, -0.2) is 0 Å². The van der Waals surface area contributed by atoms with Crippen LogP contribution in [0.4, 0.5) is 11.4 Å². The highest BCUT2D eigenvalue weighted by Gasteiger charge is 2.08. The lowest BCUT2D eigenvalue weighted by Crippen LogP contribution is -2.07. The van der Waals surface area contributed by atoms with Crippen molar-refractivity contribution in [2.24, 2.45) is 0 Å². The Morgan fingerprint density at radius 3 is 2.74 bits per heavy atom. The number of nitrogens with zero attached hydrogens (tertiary/aromatic N) is 1. The van der Waals surface area contributed by atoms with Gasteiger partial charge in [-0.15, -0.1) is 0 Å². The molecule has 0 heterocycles.